The van der Waals surface area contributed by atoms with E-state index in [-0.39, 0.29) is 0 Å². The summed E-state index contributed by atoms with van der Waals surface area (Å²) in [6.45, 7) is 5.69. The third kappa shape index (κ3) is 3.21. The highest BCUT2D eigenvalue weighted by molar-refractivity contribution is 4.90. The third-order valence-electron chi connectivity index (χ3n) is 4.63. The molecule has 0 aromatic carbocycles. The van der Waals surface area contributed by atoms with Gasteiger partial charge in [-0.15, -0.1) is 0 Å². The Kier molecular flexibility index (Phi) is 4.83. The van der Waals surface area contributed by atoms with Crippen molar-refractivity contribution < 1.29 is 0 Å². The molecular weight excluding hydrogens is 210 g/mol. The Hall–Kier alpha value is -0.120. The molecule has 2 rings (SSSR count). The van der Waals surface area contributed by atoms with E-state index in [0.717, 1.165) is 25.0 Å². The second-order valence-electron chi connectivity index (χ2n) is 6.02. The maximum Gasteiger partial charge on any atom is 0.0240 e. The summed E-state index contributed by atoms with van der Waals surface area (Å²) in [6.07, 6.45) is 8.15. The first-order valence-electron chi connectivity index (χ1n) is 7.38. The van der Waals surface area contributed by atoms with Crippen molar-refractivity contribution in [2.24, 2.45) is 5.73 Å². The fraction of sp³-hybridized carbons (Fsp3) is 1.00. The van der Waals surface area contributed by atoms with E-state index in [2.05, 4.69) is 23.8 Å². The summed E-state index contributed by atoms with van der Waals surface area (Å²) in [5, 5.41) is 0. The lowest BCUT2D eigenvalue weighted by molar-refractivity contribution is 0.0869. The van der Waals surface area contributed by atoms with E-state index in [1.54, 1.807) is 0 Å². The number of nitrogens with two attached hydrogens (primary N) is 1. The Balaban J connectivity index is 2.08. The second-order valence-corrected chi connectivity index (χ2v) is 6.02. The average Bonchev–Trinajstić information content (AvgIpc) is 2.76. The standard InChI is InChI=1S/C14H29N3/c1-12-8-10-16(2)11-14(7-9-15)17(12)13-5-3-4-6-13/h12-14H,3-11,15H2,1-2H3. The van der Waals surface area contributed by atoms with Gasteiger partial charge in [0.15, 0.2) is 0 Å². The fourth-order valence-corrected chi connectivity index (χ4v) is 3.75. The maximum absolute atomic E-state index is 5.82. The van der Waals surface area contributed by atoms with Gasteiger partial charge in [0, 0.05) is 24.7 Å². The number of likely N-dealkylation sites (N-methyl/N-ethyl adjacent to an activating group) is 1. The van der Waals surface area contributed by atoms with Crippen LogP contribution in [0.3, 0.4) is 0 Å². The van der Waals surface area contributed by atoms with E-state index >= 15 is 0 Å². The van der Waals surface area contributed by atoms with Gasteiger partial charge in [-0.25, -0.2) is 0 Å². The van der Waals surface area contributed by atoms with Gasteiger partial charge in [0.2, 0.25) is 0 Å². The zero-order valence-electron chi connectivity index (χ0n) is 11.6. The largest absolute Gasteiger partial charge is 0.330 e. The molecule has 2 unspecified atom stereocenters. The van der Waals surface area contributed by atoms with Crippen LogP contribution < -0.4 is 5.73 Å². The van der Waals surface area contributed by atoms with Crippen LogP contribution in [-0.4, -0.2) is 54.6 Å². The van der Waals surface area contributed by atoms with Crippen molar-refractivity contribution >= 4 is 0 Å². The van der Waals surface area contributed by atoms with E-state index in [1.165, 1.54) is 45.2 Å². The fourth-order valence-electron chi connectivity index (χ4n) is 3.75. The molecule has 0 bridgehead atoms. The molecule has 1 saturated carbocycles. The SMILES string of the molecule is CC1CCN(C)CC(CCN)N1C1CCCC1. The molecule has 0 spiro atoms. The van der Waals surface area contributed by atoms with Gasteiger partial charge < -0.3 is 10.6 Å². The molecule has 0 radical (unpaired) electrons. The number of hydrogen-bond donors (Lipinski definition) is 1. The van der Waals surface area contributed by atoms with Crippen LogP contribution in [0.1, 0.15) is 45.4 Å². The molecule has 1 heterocycles. The van der Waals surface area contributed by atoms with Crippen molar-refractivity contribution in [3.63, 3.8) is 0 Å². The van der Waals surface area contributed by atoms with Crippen molar-refractivity contribution in [2.45, 2.75) is 63.6 Å². The van der Waals surface area contributed by atoms with Crippen LogP contribution in [0.25, 0.3) is 0 Å². The summed E-state index contributed by atoms with van der Waals surface area (Å²) in [5.74, 6) is 0. The van der Waals surface area contributed by atoms with E-state index in [9.17, 15) is 0 Å². The van der Waals surface area contributed by atoms with E-state index in [1.807, 2.05) is 0 Å². The van der Waals surface area contributed by atoms with E-state index in [0.29, 0.717) is 6.04 Å². The summed E-state index contributed by atoms with van der Waals surface area (Å²) in [7, 11) is 2.26. The lowest BCUT2D eigenvalue weighted by Gasteiger charge is -2.39. The molecule has 2 atom stereocenters. The molecule has 2 aliphatic rings. The Bertz CT molecular complexity index is 226. The van der Waals surface area contributed by atoms with Crippen molar-refractivity contribution in [3.8, 4) is 0 Å². The Labute approximate surface area is 106 Å². The first-order valence-corrected chi connectivity index (χ1v) is 7.38. The molecule has 1 saturated heterocycles. The summed E-state index contributed by atoms with van der Waals surface area (Å²) >= 11 is 0. The summed E-state index contributed by atoms with van der Waals surface area (Å²) in [6, 6.07) is 2.26. The van der Waals surface area contributed by atoms with Gasteiger partial charge in [-0.3, -0.25) is 4.90 Å². The van der Waals surface area contributed by atoms with Gasteiger partial charge in [0.25, 0.3) is 0 Å². The summed E-state index contributed by atoms with van der Waals surface area (Å²) in [4.78, 5) is 5.31. The van der Waals surface area contributed by atoms with Crippen molar-refractivity contribution in [1.29, 1.82) is 0 Å². The minimum Gasteiger partial charge on any atom is -0.330 e. The minimum absolute atomic E-state index is 0.686. The van der Waals surface area contributed by atoms with Gasteiger partial charge in [0.05, 0.1) is 0 Å². The van der Waals surface area contributed by atoms with Gasteiger partial charge in [0.1, 0.15) is 0 Å². The molecule has 1 aliphatic carbocycles. The van der Waals surface area contributed by atoms with Gasteiger partial charge in [-0.1, -0.05) is 12.8 Å². The highest BCUT2D eigenvalue weighted by Crippen LogP contribution is 2.30. The predicted octanol–water partition coefficient (Wildman–Crippen LogP) is 1.67. The Morgan fingerprint density at radius 1 is 1.18 bits per heavy atom. The molecule has 3 nitrogen and oxygen atoms in total. The van der Waals surface area contributed by atoms with E-state index < -0.39 is 0 Å². The van der Waals surface area contributed by atoms with Crippen molar-refractivity contribution in [1.82, 2.24) is 9.80 Å². The molecular formula is C14H29N3. The molecule has 1 aliphatic heterocycles. The molecule has 3 heteroatoms. The molecule has 0 aromatic rings. The van der Waals surface area contributed by atoms with Gasteiger partial charge in [-0.2, -0.15) is 0 Å². The number of nitrogens with zero attached hydrogens (tertiary/aromatic N) is 2. The van der Waals surface area contributed by atoms with Crippen molar-refractivity contribution in [3.05, 3.63) is 0 Å². The molecule has 0 aromatic heterocycles. The van der Waals surface area contributed by atoms with Crippen molar-refractivity contribution in [2.75, 3.05) is 26.7 Å². The van der Waals surface area contributed by atoms with Crippen LogP contribution in [0.2, 0.25) is 0 Å². The normalized spacial score (nSPS) is 34.1. The monoisotopic (exact) mass is 239 g/mol. The van der Waals surface area contributed by atoms with Crippen LogP contribution in [-0.2, 0) is 0 Å². The maximum atomic E-state index is 5.82. The second kappa shape index (κ2) is 6.17. The lowest BCUT2D eigenvalue weighted by Crippen LogP contribution is -2.49. The first kappa shape index (κ1) is 13.3. The minimum atomic E-state index is 0.686. The molecule has 100 valence electrons. The van der Waals surface area contributed by atoms with Gasteiger partial charge >= 0.3 is 0 Å². The quantitative estimate of drug-likeness (QED) is 0.813. The topological polar surface area (TPSA) is 32.5 Å². The molecule has 2 fully saturated rings. The third-order valence-corrected chi connectivity index (χ3v) is 4.63. The van der Waals surface area contributed by atoms with Gasteiger partial charge in [-0.05, 0) is 52.7 Å². The van der Waals surface area contributed by atoms with Crippen LogP contribution in [0.15, 0.2) is 0 Å². The Morgan fingerprint density at radius 3 is 2.53 bits per heavy atom. The molecule has 17 heavy (non-hydrogen) atoms. The van der Waals surface area contributed by atoms with Crippen LogP contribution in [0.5, 0.6) is 0 Å². The number of rotatable bonds is 3. The highest BCUT2D eigenvalue weighted by Gasteiger charge is 2.34. The first-order chi connectivity index (χ1) is 8.22. The molecule has 2 N–H and O–H groups in total. The van der Waals surface area contributed by atoms with Crippen LogP contribution >= 0.6 is 0 Å². The zero-order chi connectivity index (χ0) is 12.3. The Morgan fingerprint density at radius 2 is 1.88 bits per heavy atom. The predicted molar refractivity (Wildman–Crippen MR) is 73.1 cm³/mol. The summed E-state index contributed by atoms with van der Waals surface area (Å²) < 4.78 is 0. The lowest BCUT2D eigenvalue weighted by atomic mass is 10.0. The van der Waals surface area contributed by atoms with Crippen LogP contribution in [0.4, 0.5) is 0 Å². The van der Waals surface area contributed by atoms with E-state index in [4.69, 9.17) is 5.73 Å². The highest BCUT2D eigenvalue weighted by atomic mass is 15.3. The number of hydrogen-bond acceptors (Lipinski definition) is 3. The summed E-state index contributed by atoms with van der Waals surface area (Å²) in [5.41, 5.74) is 5.82. The average molecular weight is 239 g/mol. The van der Waals surface area contributed by atoms with Crippen LogP contribution in [0, 0.1) is 0 Å². The smallest absolute Gasteiger partial charge is 0.0240 e. The molecule has 0 amide bonds. The zero-order valence-corrected chi connectivity index (χ0v) is 11.6.